The van der Waals surface area contributed by atoms with E-state index in [1.54, 1.807) is 24.1 Å². The van der Waals surface area contributed by atoms with Crippen LogP contribution < -0.4 is 14.8 Å². The zero-order valence-electron chi connectivity index (χ0n) is 16.7. The number of carbonyl (C=O) groups is 1. The van der Waals surface area contributed by atoms with Crippen molar-refractivity contribution in [2.75, 3.05) is 13.7 Å². The summed E-state index contributed by atoms with van der Waals surface area (Å²) in [5, 5.41) is 3.35. The summed E-state index contributed by atoms with van der Waals surface area (Å²) in [6, 6.07) is 13.7. The second-order valence-corrected chi connectivity index (χ2v) is 7.19. The first kappa shape index (κ1) is 22.0. The highest BCUT2D eigenvalue weighted by atomic mass is 19.4. The summed E-state index contributed by atoms with van der Waals surface area (Å²) in [5.74, 6) is 0.482. The minimum Gasteiger partial charge on any atom is -0.497 e. The van der Waals surface area contributed by atoms with E-state index in [2.05, 4.69) is 10.1 Å². The number of nitrogens with zero attached hydrogens (tertiary/aromatic N) is 1. The molecule has 0 spiro atoms. The monoisotopic (exact) mass is 422 g/mol. The summed E-state index contributed by atoms with van der Waals surface area (Å²) >= 11 is 0. The van der Waals surface area contributed by atoms with Gasteiger partial charge in [0, 0.05) is 31.1 Å². The lowest BCUT2D eigenvalue weighted by molar-refractivity contribution is -0.275. The molecule has 1 fully saturated rings. The molecule has 30 heavy (non-hydrogen) atoms. The molecular formula is C22H25F3N2O3. The Balaban J connectivity index is 1.56. The van der Waals surface area contributed by atoms with Crippen molar-refractivity contribution in [3.63, 3.8) is 0 Å². The average molecular weight is 422 g/mol. The predicted molar refractivity (Wildman–Crippen MR) is 106 cm³/mol. The first-order chi connectivity index (χ1) is 14.4. The Bertz CT molecular complexity index is 858. The van der Waals surface area contributed by atoms with Gasteiger partial charge >= 0.3 is 6.36 Å². The third kappa shape index (κ3) is 6.13. The van der Waals surface area contributed by atoms with Gasteiger partial charge in [-0.05, 0) is 43.1 Å². The van der Waals surface area contributed by atoms with Crippen LogP contribution in [0.4, 0.5) is 13.2 Å². The molecule has 0 radical (unpaired) electrons. The minimum atomic E-state index is -4.77. The third-order valence-corrected chi connectivity index (χ3v) is 5.11. The van der Waals surface area contributed by atoms with Gasteiger partial charge in [0.25, 0.3) is 0 Å². The fraction of sp³-hybridized carbons (Fsp3) is 0.409. The Morgan fingerprint density at radius 1 is 1.17 bits per heavy atom. The highest BCUT2D eigenvalue weighted by Crippen LogP contribution is 2.30. The fourth-order valence-corrected chi connectivity index (χ4v) is 3.64. The van der Waals surface area contributed by atoms with E-state index in [-0.39, 0.29) is 24.2 Å². The van der Waals surface area contributed by atoms with Gasteiger partial charge in [0.1, 0.15) is 11.5 Å². The summed E-state index contributed by atoms with van der Waals surface area (Å²) in [7, 11) is 1.62. The number of alkyl halides is 3. The lowest BCUT2D eigenvalue weighted by Crippen LogP contribution is -2.35. The van der Waals surface area contributed by atoms with Crippen LogP contribution in [0.15, 0.2) is 48.5 Å². The van der Waals surface area contributed by atoms with E-state index in [0.717, 1.165) is 17.7 Å². The van der Waals surface area contributed by atoms with E-state index in [4.69, 9.17) is 4.74 Å². The highest BCUT2D eigenvalue weighted by Gasteiger charge is 2.34. The number of methoxy groups -OCH3 is 1. The first-order valence-electron chi connectivity index (χ1n) is 9.82. The Morgan fingerprint density at radius 2 is 1.97 bits per heavy atom. The van der Waals surface area contributed by atoms with Crippen molar-refractivity contribution in [2.45, 2.75) is 44.8 Å². The van der Waals surface area contributed by atoms with E-state index in [1.165, 1.54) is 12.1 Å². The molecule has 162 valence electrons. The lowest BCUT2D eigenvalue weighted by Gasteiger charge is -2.26. The number of hydrogen-bond acceptors (Lipinski definition) is 4. The van der Waals surface area contributed by atoms with Crippen molar-refractivity contribution >= 4 is 5.91 Å². The minimum absolute atomic E-state index is 0.0192. The molecule has 1 N–H and O–H groups in total. The number of amides is 1. The Labute approximate surface area is 173 Å². The zero-order chi connectivity index (χ0) is 21.6. The van der Waals surface area contributed by atoms with Gasteiger partial charge in [-0.15, -0.1) is 13.2 Å². The summed E-state index contributed by atoms with van der Waals surface area (Å²) in [4.78, 5) is 14.0. The molecular weight excluding hydrogens is 397 g/mol. The van der Waals surface area contributed by atoms with Crippen LogP contribution >= 0.6 is 0 Å². The summed E-state index contributed by atoms with van der Waals surface area (Å²) in [6.07, 6.45) is -2.95. The molecule has 0 unspecified atom stereocenters. The van der Waals surface area contributed by atoms with Gasteiger partial charge in [-0.2, -0.15) is 0 Å². The second-order valence-electron chi connectivity index (χ2n) is 7.19. The summed E-state index contributed by atoms with van der Waals surface area (Å²) in [5.41, 5.74) is 1.44. The number of halogens is 3. The van der Waals surface area contributed by atoms with E-state index in [0.29, 0.717) is 31.5 Å². The third-order valence-electron chi connectivity index (χ3n) is 5.11. The molecule has 2 aromatic rings. The number of benzene rings is 2. The van der Waals surface area contributed by atoms with Crippen LogP contribution in [0.1, 0.15) is 30.4 Å². The van der Waals surface area contributed by atoms with Gasteiger partial charge in [-0.25, -0.2) is 0 Å². The van der Waals surface area contributed by atoms with Gasteiger partial charge in [0.2, 0.25) is 5.91 Å². The van der Waals surface area contributed by atoms with Crippen molar-refractivity contribution in [1.82, 2.24) is 10.2 Å². The highest BCUT2D eigenvalue weighted by molar-refractivity contribution is 5.78. The summed E-state index contributed by atoms with van der Waals surface area (Å²) < 4.78 is 47.3. The maximum Gasteiger partial charge on any atom is 0.573 e. The Hall–Kier alpha value is -2.74. The smallest absolute Gasteiger partial charge is 0.497 e. The van der Waals surface area contributed by atoms with Gasteiger partial charge in [0.05, 0.1) is 7.11 Å². The van der Waals surface area contributed by atoms with Gasteiger partial charge in [-0.3, -0.25) is 4.79 Å². The van der Waals surface area contributed by atoms with Crippen LogP contribution in [0.2, 0.25) is 0 Å². The molecule has 1 saturated heterocycles. The molecule has 0 saturated carbocycles. The molecule has 1 amide bonds. The van der Waals surface area contributed by atoms with Crippen LogP contribution in [0.5, 0.6) is 11.5 Å². The van der Waals surface area contributed by atoms with Gasteiger partial charge < -0.3 is 19.7 Å². The standard InChI is InChI=1S/C22H25F3N2O3/c1-29-19-7-4-5-16(13-19)14-26-12-11-18-9-10-21(28)27(18)15-17-6-2-3-8-20(17)30-22(23,24)25/h2-8,13,18,26H,9-12,14-15H2,1H3/t18-/m0/s1. The van der Waals surface area contributed by atoms with Crippen molar-refractivity contribution in [1.29, 1.82) is 0 Å². The van der Waals surface area contributed by atoms with Crippen molar-refractivity contribution in [3.8, 4) is 11.5 Å². The maximum absolute atomic E-state index is 12.7. The van der Waals surface area contributed by atoms with Crippen LogP contribution in [-0.2, 0) is 17.9 Å². The van der Waals surface area contributed by atoms with Crippen LogP contribution in [0, 0.1) is 0 Å². The molecule has 1 aliphatic rings. The Morgan fingerprint density at radius 3 is 2.73 bits per heavy atom. The molecule has 0 aliphatic carbocycles. The van der Waals surface area contributed by atoms with E-state index < -0.39 is 6.36 Å². The molecule has 2 aromatic carbocycles. The molecule has 3 rings (SSSR count). The van der Waals surface area contributed by atoms with E-state index in [9.17, 15) is 18.0 Å². The van der Waals surface area contributed by atoms with Crippen LogP contribution in [0.25, 0.3) is 0 Å². The zero-order valence-corrected chi connectivity index (χ0v) is 16.7. The number of nitrogens with one attached hydrogen (secondary N) is 1. The molecule has 0 bridgehead atoms. The number of para-hydroxylation sites is 1. The van der Waals surface area contributed by atoms with Crippen LogP contribution in [-0.4, -0.2) is 36.9 Å². The molecule has 8 heteroatoms. The molecule has 5 nitrogen and oxygen atoms in total. The van der Waals surface area contributed by atoms with Gasteiger partial charge in [-0.1, -0.05) is 30.3 Å². The van der Waals surface area contributed by atoms with Crippen molar-refractivity contribution < 1.29 is 27.4 Å². The Kier molecular flexibility index (Phi) is 7.20. The maximum atomic E-state index is 12.7. The van der Waals surface area contributed by atoms with Crippen molar-refractivity contribution in [3.05, 3.63) is 59.7 Å². The number of likely N-dealkylation sites (tertiary alicyclic amines) is 1. The van der Waals surface area contributed by atoms with E-state index >= 15 is 0 Å². The number of rotatable bonds is 9. The fourth-order valence-electron chi connectivity index (χ4n) is 3.64. The van der Waals surface area contributed by atoms with Gasteiger partial charge in [0.15, 0.2) is 0 Å². The second kappa shape index (κ2) is 9.84. The lowest BCUT2D eigenvalue weighted by atomic mass is 10.1. The number of hydrogen-bond donors (Lipinski definition) is 1. The normalized spacial score (nSPS) is 16.7. The summed E-state index contributed by atoms with van der Waals surface area (Å²) in [6.45, 7) is 1.46. The average Bonchev–Trinajstić information content (AvgIpc) is 3.05. The quantitative estimate of drug-likeness (QED) is 0.614. The van der Waals surface area contributed by atoms with Crippen LogP contribution in [0.3, 0.4) is 0 Å². The predicted octanol–water partition coefficient (Wildman–Crippen LogP) is 4.26. The molecule has 1 heterocycles. The molecule has 0 aromatic heterocycles. The molecule has 1 aliphatic heterocycles. The topological polar surface area (TPSA) is 50.8 Å². The van der Waals surface area contributed by atoms with E-state index in [1.807, 2.05) is 24.3 Å². The SMILES string of the molecule is COc1cccc(CNCC[C@@H]2CCC(=O)N2Cc2ccccc2OC(F)(F)F)c1. The molecule has 1 atom stereocenters. The first-order valence-corrected chi connectivity index (χ1v) is 9.82. The van der Waals surface area contributed by atoms with Crippen molar-refractivity contribution in [2.24, 2.45) is 0 Å². The largest absolute Gasteiger partial charge is 0.573 e. The number of ether oxygens (including phenoxy) is 2. The number of carbonyl (C=O) groups excluding carboxylic acids is 1.